The van der Waals surface area contributed by atoms with Crippen LogP contribution in [0.1, 0.15) is 34.7 Å². The molecule has 0 bridgehead atoms. The molecule has 37 heavy (non-hydrogen) atoms. The number of aryl methyl sites for hydroxylation is 1. The lowest BCUT2D eigenvalue weighted by Crippen LogP contribution is -2.10. The van der Waals surface area contributed by atoms with Crippen LogP contribution in [-0.4, -0.2) is 43.0 Å². The van der Waals surface area contributed by atoms with Crippen LogP contribution in [0.15, 0.2) is 48.5 Å². The first-order chi connectivity index (χ1) is 17.6. The normalized spacial score (nSPS) is 19.7. The number of aliphatic carboxylic acids is 1. The number of nitrogens with zero attached hydrogens (tertiary/aromatic N) is 1. The lowest BCUT2D eigenvalue weighted by atomic mass is 10.0. The van der Waals surface area contributed by atoms with Gasteiger partial charge in [-0.2, -0.15) is 0 Å². The van der Waals surface area contributed by atoms with Crippen molar-refractivity contribution in [2.45, 2.75) is 32.3 Å². The molecule has 0 spiro atoms. The number of carboxylic acids is 1. The number of rotatable bonds is 10. The van der Waals surface area contributed by atoms with Gasteiger partial charge in [-0.3, -0.25) is 4.79 Å². The quantitative estimate of drug-likeness (QED) is 0.374. The van der Waals surface area contributed by atoms with Gasteiger partial charge in [0.15, 0.2) is 0 Å². The number of fused-ring (bicyclic) bond motifs is 3. The summed E-state index contributed by atoms with van der Waals surface area (Å²) >= 11 is 0. The molecule has 2 aliphatic rings. The zero-order valence-corrected chi connectivity index (χ0v) is 21.5. The fourth-order valence-electron chi connectivity index (χ4n) is 5.35. The highest BCUT2D eigenvalue weighted by molar-refractivity contribution is 7.90. The van der Waals surface area contributed by atoms with Gasteiger partial charge >= 0.3 is 5.97 Å². The number of benzene rings is 2. The van der Waals surface area contributed by atoms with E-state index in [-0.39, 0.29) is 35.9 Å². The Kier molecular flexibility index (Phi) is 6.66. The highest BCUT2D eigenvalue weighted by Gasteiger charge is 2.59. The summed E-state index contributed by atoms with van der Waals surface area (Å²) in [7, 11) is -2.99. The van der Waals surface area contributed by atoms with Crippen molar-refractivity contribution in [3.05, 3.63) is 76.7 Å². The smallest absolute Gasteiger partial charge is 0.307 e. The Labute approximate surface area is 215 Å². The van der Waals surface area contributed by atoms with Gasteiger partial charge in [-0.25, -0.2) is 17.8 Å². The largest absolute Gasteiger partial charge is 0.489 e. The maximum Gasteiger partial charge on any atom is 0.307 e. The van der Waals surface area contributed by atoms with Gasteiger partial charge in [-0.15, -0.1) is 0 Å². The summed E-state index contributed by atoms with van der Waals surface area (Å²) in [4.78, 5) is 15.9. The summed E-state index contributed by atoms with van der Waals surface area (Å²) in [6.45, 7) is 2.44. The molecule has 1 aromatic heterocycles. The Bertz CT molecular complexity index is 1470. The van der Waals surface area contributed by atoms with Gasteiger partial charge in [0.1, 0.15) is 33.8 Å². The summed E-state index contributed by atoms with van der Waals surface area (Å²) in [6.07, 6.45) is 2.46. The first kappa shape index (κ1) is 25.2. The molecule has 3 atom stereocenters. The van der Waals surface area contributed by atoms with E-state index in [9.17, 15) is 22.7 Å². The third-order valence-corrected chi connectivity index (χ3v) is 8.25. The molecule has 9 heteroatoms. The van der Waals surface area contributed by atoms with Crippen LogP contribution in [0.4, 0.5) is 10.2 Å². The molecule has 0 amide bonds. The molecule has 194 valence electrons. The Morgan fingerprint density at radius 1 is 1.19 bits per heavy atom. The average Bonchev–Trinajstić information content (AvgIpc) is 3.43. The summed E-state index contributed by atoms with van der Waals surface area (Å²) in [5.41, 5.74) is 5.09. The van der Waals surface area contributed by atoms with Crippen molar-refractivity contribution in [3.63, 3.8) is 0 Å². The lowest BCUT2D eigenvalue weighted by molar-refractivity contribution is -0.139. The molecule has 3 aromatic rings. The van der Waals surface area contributed by atoms with Crippen molar-refractivity contribution in [2.75, 3.05) is 23.9 Å². The molecule has 5 rings (SSSR count). The molecule has 3 unspecified atom stereocenters. The summed E-state index contributed by atoms with van der Waals surface area (Å²) in [5, 5.41) is 12.4. The molecule has 1 heterocycles. The van der Waals surface area contributed by atoms with Crippen LogP contribution < -0.4 is 10.1 Å². The number of sulfone groups is 1. The zero-order valence-electron chi connectivity index (χ0n) is 20.7. The van der Waals surface area contributed by atoms with Crippen molar-refractivity contribution in [1.29, 1.82) is 0 Å². The molecular weight excluding hydrogens is 495 g/mol. The highest BCUT2D eigenvalue weighted by Crippen LogP contribution is 2.61. The highest BCUT2D eigenvalue weighted by atomic mass is 32.2. The van der Waals surface area contributed by atoms with Crippen molar-refractivity contribution < 1.29 is 27.4 Å². The number of carboxylic acid groups (broad SMARTS) is 1. The van der Waals surface area contributed by atoms with E-state index in [2.05, 4.69) is 10.3 Å². The van der Waals surface area contributed by atoms with E-state index >= 15 is 0 Å². The molecule has 2 aliphatic carbocycles. The van der Waals surface area contributed by atoms with Crippen molar-refractivity contribution in [2.24, 2.45) is 11.8 Å². The summed E-state index contributed by atoms with van der Waals surface area (Å²) in [6, 6.07) is 14.3. The van der Waals surface area contributed by atoms with Gasteiger partial charge in [-0.1, -0.05) is 12.1 Å². The van der Waals surface area contributed by atoms with Crippen molar-refractivity contribution >= 4 is 21.6 Å². The minimum Gasteiger partial charge on any atom is -0.489 e. The number of ether oxygens (including phenoxy) is 1. The predicted molar refractivity (Wildman–Crippen MR) is 139 cm³/mol. The second kappa shape index (κ2) is 9.78. The molecule has 1 saturated carbocycles. The van der Waals surface area contributed by atoms with E-state index in [1.807, 2.05) is 37.3 Å². The van der Waals surface area contributed by atoms with Crippen LogP contribution >= 0.6 is 0 Å². The zero-order chi connectivity index (χ0) is 26.3. The standard InChI is InChI=1S/C28H29FN2O5S/c1-16-21(7-9-25(31-16)30-10-3-11-37(2,34)35)17-4-8-24(29)19(12-17)15-36-20-5-6-22-18(13-20)14-23-26(22)27(23)28(32)33/h4-9,12-13,23,26-27H,3,10-11,14-15H2,1-2H3,(H,30,31)(H,32,33). The van der Waals surface area contributed by atoms with E-state index < -0.39 is 15.8 Å². The number of anilines is 1. The van der Waals surface area contributed by atoms with E-state index in [1.54, 1.807) is 12.1 Å². The Morgan fingerprint density at radius 3 is 2.73 bits per heavy atom. The number of hydrogen-bond acceptors (Lipinski definition) is 6. The molecule has 7 nitrogen and oxygen atoms in total. The van der Waals surface area contributed by atoms with Crippen LogP contribution in [0.2, 0.25) is 0 Å². The maximum absolute atomic E-state index is 14.6. The maximum atomic E-state index is 14.6. The molecule has 0 radical (unpaired) electrons. The van der Waals surface area contributed by atoms with Crippen LogP contribution in [0.5, 0.6) is 5.75 Å². The van der Waals surface area contributed by atoms with Crippen molar-refractivity contribution in [1.82, 2.24) is 4.98 Å². The minimum atomic E-state index is -2.99. The van der Waals surface area contributed by atoms with Gasteiger partial charge in [-0.05, 0) is 78.8 Å². The lowest BCUT2D eigenvalue weighted by Gasteiger charge is -2.13. The first-order valence-corrected chi connectivity index (χ1v) is 14.3. The number of nitrogens with one attached hydrogen (secondary N) is 1. The van der Waals surface area contributed by atoms with E-state index in [4.69, 9.17) is 4.74 Å². The summed E-state index contributed by atoms with van der Waals surface area (Å²) < 4.78 is 43.1. The molecule has 0 aliphatic heterocycles. The van der Waals surface area contributed by atoms with Gasteiger partial charge in [0.05, 0.1) is 11.7 Å². The number of hydrogen-bond donors (Lipinski definition) is 2. The molecule has 2 N–H and O–H groups in total. The Hall–Kier alpha value is -3.46. The molecule has 0 saturated heterocycles. The van der Waals surface area contributed by atoms with Gasteiger partial charge in [0.2, 0.25) is 0 Å². The number of carbonyl (C=O) groups is 1. The second-order valence-electron chi connectivity index (χ2n) is 9.95. The third kappa shape index (κ3) is 5.46. The molecule has 1 fully saturated rings. The monoisotopic (exact) mass is 524 g/mol. The summed E-state index contributed by atoms with van der Waals surface area (Å²) in [5.74, 6) is 0.366. The van der Waals surface area contributed by atoms with Gasteiger partial charge < -0.3 is 15.2 Å². The topological polar surface area (TPSA) is 106 Å². The fourth-order valence-corrected chi connectivity index (χ4v) is 6.01. The predicted octanol–water partition coefficient (Wildman–Crippen LogP) is 4.59. The SMILES string of the molecule is Cc1nc(NCCCS(C)(=O)=O)ccc1-c1ccc(F)c(COc2ccc3c(c2)CC2C(C(=O)O)C32)c1. The van der Waals surface area contributed by atoms with E-state index in [1.165, 1.54) is 12.3 Å². The van der Waals surface area contributed by atoms with Crippen LogP contribution in [0, 0.1) is 24.6 Å². The van der Waals surface area contributed by atoms with Crippen LogP contribution in [0.25, 0.3) is 11.1 Å². The van der Waals surface area contributed by atoms with Gasteiger partial charge in [0.25, 0.3) is 0 Å². The van der Waals surface area contributed by atoms with Crippen molar-refractivity contribution in [3.8, 4) is 16.9 Å². The molecular formula is C28H29FN2O5S. The van der Waals surface area contributed by atoms with Crippen LogP contribution in [-0.2, 0) is 27.7 Å². The van der Waals surface area contributed by atoms with E-state index in [0.29, 0.717) is 30.1 Å². The molecule has 2 aromatic carbocycles. The first-order valence-electron chi connectivity index (χ1n) is 12.3. The number of aromatic nitrogens is 1. The Morgan fingerprint density at radius 2 is 2.00 bits per heavy atom. The Balaban J connectivity index is 1.23. The average molecular weight is 525 g/mol. The van der Waals surface area contributed by atoms with E-state index in [0.717, 1.165) is 34.4 Å². The minimum absolute atomic E-state index is 0.0650. The second-order valence-corrected chi connectivity index (χ2v) is 12.2. The fraction of sp³-hybridized carbons (Fsp3) is 0.357. The number of halogens is 1. The third-order valence-electron chi connectivity index (χ3n) is 7.22. The van der Waals surface area contributed by atoms with Gasteiger partial charge in [0, 0.05) is 35.5 Å². The number of pyridine rings is 1. The van der Waals surface area contributed by atoms with Crippen LogP contribution in [0.3, 0.4) is 0 Å².